The van der Waals surface area contributed by atoms with Crippen LogP contribution in [0.25, 0.3) is 0 Å². The molecule has 0 aromatic heterocycles. The maximum Gasteiger partial charge on any atom is 0.141 e. The van der Waals surface area contributed by atoms with Crippen molar-refractivity contribution in [3.63, 3.8) is 0 Å². The summed E-state index contributed by atoms with van der Waals surface area (Å²) in [6.45, 7) is 0. The molecule has 0 saturated heterocycles. The van der Waals surface area contributed by atoms with Crippen LogP contribution in [0.4, 0.5) is 0 Å². The van der Waals surface area contributed by atoms with E-state index in [1.54, 1.807) is 0 Å². The summed E-state index contributed by atoms with van der Waals surface area (Å²) in [6.07, 6.45) is 1.27. The van der Waals surface area contributed by atoms with E-state index in [0.717, 1.165) is 11.1 Å². The van der Waals surface area contributed by atoms with E-state index in [1.807, 2.05) is 18.2 Å². The summed E-state index contributed by atoms with van der Waals surface area (Å²) in [5, 5.41) is 0. The summed E-state index contributed by atoms with van der Waals surface area (Å²) in [7, 11) is 0. The molecule has 0 unspecified atom stereocenters. The van der Waals surface area contributed by atoms with Gasteiger partial charge in [0, 0.05) is 12.8 Å². The van der Waals surface area contributed by atoms with Crippen LogP contribution in [-0.4, -0.2) is 5.78 Å². The zero-order valence-corrected chi connectivity index (χ0v) is 5.63. The average Bonchev–Trinajstić information content (AvgIpc) is 1.85. The monoisotopic (exact) mass is 132 g/mol. The van der Waals surface area contributed by atoms with Gasteiger partial charge in [-0.3, -0.25) is 4.79 Å². The van der Waals surface area contributed by atoms with Crippen molar-refractivity contribution in [1.82, 2.24) is 0 Å². The van der Waals surface area contributed by atoms with Gasteiger partial charge in [-0.1, -0.05) is 24.3 Å². The quantitative estimate of drug-likeness (QED) is 0.520. The number of hydrogen-bond donors (Lipinski definition) is 0. The Morgan fingerprint density at radius 1 is 1.10 bits per heavy atom. The predicted molar refractivity (Wildman–Crippen MR) is 38.9 cm³/mol. The summed E-state index contributed by atoms with van der Waals surface area (Å²) < 4.78 is 0. The zero-order chi connectivity index (χ0) is 6.97. The summed E-state index contributed by atoms with van der Waals surface area (Å²) >= 11 is 0. The molecule has 0 amide bonds. The van der Waals surface area contributed by atoms with E-state index < -0.39 is 0 Å². The Morgan fingerprint density at radius 3 is 2.30 bits per heavy atom. The van der Waals surface area contributed by atoms with Gasteiger partial charge in [0.15, 0.2) is 0 Å². The summed E-state index contributed by atoms with van der Waals surface area (Å²) in [5.74, 6) is 0.341. The molecule has 2 bridgehead atoms. The number of fused-ring (bicyclic) bond motifs is 2. The van der Waals surface area contributed by atoms with Crippen LogP contribution in [0.3, 0.4) is 0 Å². The molecule has 0 fully saturated rings. The van der Waals surface area contributed by atoms with Crippen LogP contribution in [0.5, 0.6) is 0 Å². The van der Waals surface area contributed by atoms with Gasteiger partial charge >= 0.3 is 0 Å². The fraction of sp³-hybridized carbons (Fsp3) is 0.222. The molecule has 1 heteroatoms. The Balaban J connectivity index is 2.52. The minimum atomic E-state index is 0.341. The smallest absolute Gasteiger partial charge is 0.141 e. The number of rotatable bonds is 0. The Morgan fingerprint density at radius 2 is 1.70 bits per heavy atom. The highest BCUT2D eigenvalue weighted by Crippen LogP contribution is 2.13. The highest BCUT2D eigenvalue weighted by atomic mass is 16.1. The SMILES string of the molecule is O=C1Cc2cccc(c2)C1. The number of Topliss-reactive ketones (excluding diaryl/α,β-unsaturated/α-hetero) is 1. The Kier molecular flexibility index (Phi) is 1.10. The molecule has 0 heterocycles. The summed E-state index contributed by atoms with van der Waals surface area (Å²) in [4.78, 5) is 11.0. The minimum absolute atomic E-state index is 0.341. The zero-order valence-electron chi connectivity index (χ0n) is 5.63. The molecule has 1 aromatic rings. The maximum atomic E-state index is 11.0. The molecule has 1 aromatic carbocycles. The second-order valence-corrected chi connectivity index (χ2v) is 2.71. The predicted octanol–water partition coefficient (Wildman–Crippen LogP) is 1.35. The Labute approximate surface area is 59.7 Å². The number of benzene rings is 1. The normalized spacial score (nSPS) is 15.4. The fourth-order valence-electron chi connectivity index (χ4n) is 1.37. The first-order valence-corrected chi connectivity index (χ1v) is 3.44. The highest BCUT2D eigenvalue weighted by Gasteiger charge is 2.10. The van der Waals surface area contributed by atoms with E-state index in [9.17, 15) is 4.79 Å². The Bertz CT molecular complexity index is 253. The van der Waals surface area contributed by atoms with E-state index in [0.29, 0.717) is 18.6 Å². The first kappa shape index (κ1) is 5.66. The van der Waals surface area contributed by atoms with Crippen LogP contribution in [0, 0.1) is 0 Å². The molecule has 10 heavy (non-hydrogen) atoms. The number of hydrogen-bond acceptors (Lipinski definition) is 1. The lowest BCUT2D eigenvalue weighted by atomic mass is 9.95. The molecule has 0 spiro atoms. The Hall–Kier alpha value is -1.11. The summed E-state index contributed by atoms with van der Waals surface area (Å²) in [6, 6.07) is 8.11. The van der Waals surface area contributed by atoms with Crippen molar-refractivity contribution in [2.24, 2.45) is 0 Å². The topological polar surface area (TPSA) is 17.1 Å². The van der Waals surface area contributed by atoms with E-state index in [2.05, 4.69) is 6.07 Å². The number of carbonyl (C=O) groups is 1. The van der Waals surface area contributed by atoms with E-state index in [1.165, 1.54) is 0 Å². The van der Waals surface area contributed by atoms with Crippen LogP contribution >= 0.6 is 0 Å². The van der Waals surface area contributed by atoms with E-state index >= 15 is 0 Å². The van der Waals surface area contributed by atoms with Gasteiger partial charge in [-0.15, -0.1) is 0 Å². The van der Waals surface area contributed by atoms with Crippen molar-refractivity contribution in [3.8, 4) is 0 Å². The molecule has 0 atom stereocenters. The number of ketones is 1. The van der Waals surface area contributed by atoms with Crippen LogP contribution in [0.1, 0.15) is 11.1 Å². The largest absolute Gasteiger partial charge is 0.299 e. The molecule has 0 aliphatic heterocycles. The van der Waals surface area contributed by atoms with Crippen molar-refractivity contribution < 1.29 is 4.79 Å². The van der Waals surface area contributed by atoms with Gasteiger partial charge in [0.1, 0.15) is 5.78 Å². The van der Waals surface area contributed by atoms with E-state index in [-0.39, 0.29) is 0 Å². The molecule has 1 nitrogen and oxygen atoms in total. The average molecular weight is 132 g/mol. The molecule has 0 saturated carbocycles. The number of carbonyl (C=O) groups excluding carboxylic acids is 1. The first-order chi connectivity index (χ1) is 4.84. The molecule has 2 rings (SSSR count). The standard InChI is InChI=1S/C9H8O/c10-9-5-7-2-1-3-8(4-7)6-9/h1-4H,5-6H2. The third kappa shape index (κ3) is 0.838. The maximum absolute atomic E-state index is 11.0. The van der Waals surface area contributed by atoms with Gasteiger partial charge in [-0.25, -0.2) is 0 Å². The molecule has 0 radical (unpaired) electrons. The molecule has 1 aliphatic carbocycles. The second-order valence-electron chi connectivity index (χ2n) is 2.71. The summed E-state index contributed by atoms with van der Waals surface area (Å²) in [5.41, 5.74) is 2.32. The lowest BCUT2D eigenvalue weighted by Crippen LogP contribution is -2.11. The van der Waals surface area contributed by atoms with Crippen molar-refractivity contribution in [2.75, 3.05) is 0 Å². The van der Waals surface area contributed by atoms with Crippen molar-refractivity contribution in [1.29, 1.82) is 0 Å². The lowest BCUT2D eigenvalue weighted by Gasteiger charge is -2.09. The second kappa shape index (κ2) is 1.94. The molecule has 1 aliphatic rings. The lowest BCUT2D eigenvalue weighted by molar-refractivity contribution is -0.118. The molecular weight excluding hydrogens is 124 g/mol. The van der Waals surface area contributed by atoms with Crippen molar-refractivity contribution >= 4 is 5.78 Å². The van der Waals surface area contributed by atoms with Gasteiger partial charge in [-0.2, -0.15) is 0 Å². The van der Waals surface area contributed by atoms with Crippen molar-refractivity contribution in [2.45, 2.75) is 12.8 Å². The van der Waals surface area contributed by atoms with Gasteiger partial charge < -0.3 is 0 Å². The first-order valence-electron chi connectivity index (χ1n) is 3.44. The van der Waals surface area contributed by atoms with Gasteiger partial charge in [0.05, 0.1) is 0 Å². The van der Waals surface area contributed by atoms with Crippen LogP contribution < -0.4 is 0 Å². The van der Waals surface area contributed by atoms with Crippen molar-refractivity contribution in [3.05, 3.63) is 35.4 Å². The molecule has 50 valence electrons. The van der Waals surface area contributed by atoms with Crippen LogP contribution in [-0.2, 0) is 17.6 Å². The molecule has 0 N–H and O–H groups in total. The minimum Gasteiger partial charge on any atom is -0.299 e. The van der Waals surface area contributed by atoms with E-state index in [4.69, 9.17) is 0 Å². The van der Waals surface area contributed by atoms with Gasteiger partial charge in [0.25, 0.3) is 0 Å². The third-order valence-electron chi connectivity index (χ3n) is 1.79. The molecular formula is C9H8O. The van der Waals surface area contributed by atoms with Crippen LogP contribution in [0.15, 0.2) is 24.3 Å². The fourth-order valence-corrected chi connectivity index (χ4v) is 1.37. The third-order valence-corrected chi connectivity index (χ3v) is 1.79. The highest BCUT2D eigenvalue weighted by molar-refractivity contribution is 5.84. The van der Waals surface area contributed by atoms with Gasteiger partial charge in [0.2, 0.25) is 0 Å². The van der Waals surface area contributed by atoms with Gasteiger partial charge in [-0.05, 0) is 11.1 Å². The van der Waals surface area contributed by atoms with Crippen LogP contribution in [0.2, 0.25) is 0 Å².